The van der Waals surface area contributed by atoms with Crippen LogP contribution in [0, 0.1) is 11.8 Å². The highest BCUT2D eigenvalue weighted by Crippen LogP contribution is 2.54. The minimum Gasteiger partial charge on any atom is -0.413 e. The number of nitrogens with zero attached hydrogens (tertiary/aromatic N) is 2. The fraction of sp³-hybridized carbons (Fsp3) is 0.710. The number of hydrogen-bond acceptors (Lipinski definition) is 21. The van der Waals surface area contributed by atoms with Crippen molar-refractivity contribution >= 4 is 45.2 Å². The highest BCUT2D eigenvalue weighted by atomic mass is 32.2. The number of methoxy groups -OCH3 is 1. The lowest BCUT2D eigenvalue weighted by Crippen LogP contribution is -2.61. The third kappa shape index (κ3) is 15.7. The van der Waals surface area contributed by atoms with E-state index in [-0.39, 0.29) is 124 Å². The molecule has 12 bridgehead atoms. The summed E-state index contributed by atoms with van der Waals surface area (Å²) in [5.74, 6) is -4.34. The molecule has 5 amide bonds. The number of Topliss-reactive ketones (excluding diaryl/α,β-unsaturated/α-hetero) is 1. The highest BCUT2D eigenvalue weighted by Gasteiger charge is 2.69. The van der Waals surface area contributed by atoms with Crippen LogP contribution in [0.15, 0.2) is 64.3 Å². The largest absolute Gasteiger partial charge is 0.413 e. The van der Waals surface area contributed by atoms with Crippen LogP contribution in [-0.2, 0) is 94.1 Å². The predicted molar refractivity (Wildman–Crippen MR) is 312 cm³/mol. The molecule has 0 aliphatic carbocycles. The van der Waals surface area contributed by atoms with Gasteiger partial charge in [0.2, 0.25) is 45.3 Å². The summed E-state index contributed by atoms with van der Waals surface area (Å²) >= 11 is 0. The Hall–Kier alpha value is -5.59. The molecule has 1 spiro atoms. The van der Waals surface area contributed by atoms with E-state index >= 15 is 0 Å². The molecule has 488 valence electrons. The van der Waals surface area contributed by atoms with E-state index in [2.05, 4.69) is 56.9 Å². The number of aliphatic hydroxyl groups excluding tert-OH is 1. The Bertz CT molecular complexity index is 3040. The van der Waals surface area contributed by atoms with Crippen LogP contribution in [-0.4, -0.2) is 208 Å². The number of fused-ring (bicyclic) bond motifs is 6. The number of carbonyl (C=O) groups excluding carboxylic acids is 6. The van der Waals surface area contributed by atoms with Crippen LogP contribution in [0.4, 0.5) is 0 Å². The number of aromatic nitrogens is 2. The third-order valence-electron chi connectivity index (χ3n) is 19.1. The van der Waals surface area contributed by atoms with Crippen LogP contribution in [0.2, 0.25) is 0 Å². The second-order valence-corrected chi connectivity index (χ2v) is 27.6. The third-order valence-corrected chi connectivity index (χ3v) is 19.8. The number of rotatable bonds is 20. The van der Waals surface area contributed by atoms with Gasteiger partial charge in [0, 0.05) is 83.6 Å². The lowest BCUT2D eigenvalue weighted by Gasteiger charge is -2.47. The molecule has 0 saturated carbocycles. The van der Waals surface area contributed by atoms with E-state index < -0.39 is 125 Å². The standard InChI is InChI=1S/C62H85N7O19S/c1-32-20-38-14-16-43-33(2)21-40(80-43)18-19-62-27-48-56(87-62)57-58(85-48)59(88-62)55-44(84-57)17-15-39(82-55)23-36(70)24-41-46(26-45(81-38)34(32)3)83-47(54(41)79-4)25-37(71)28-63-51(74)30-66-60(76)42(22-35-10-7-6-8-11-35)67-52(75)31-65-50(73)29-64-49(72)12-9-13-53-68-69-61(86-53)89(5,77)78/h6-8,10-11,32,37-48,54-59,71H,2-3,9,12-31H2,1,4-5H3,(H,63,74)(H,64,72)(H,65,73)(H,66,76)(H,67,75)/t32-,37+,38+,39-,40+,41+,42+,43+,44+,45-,46+,47-,48-,54-,55+,56+,57?,58-,59+,62+/m1/s1. The first-order valence-corrected chi connectivity index (χ1v) is 33.4. The Kier molecular flexibility index (Phi) is 20.5. The average Bonchev–Trinajstić information content (AvgIpc) is 1.62. The van der Waals surface area contributed by atoms with Gasteiger partial charge in [-0.2, -0.15) is 0 Å². The number of nitrogens with one attached hydrogen (secondary N) is 5. The first kappa shape index (κ1) is 64.9. The van der Waals surface area contributed by atoms with Crippen molar-refractivity contribution in [1.29, 1.82) is 0 Å². The average molecular weight is 1260 g/mol. The Morgan fingerprint density at radius 1 is 0.742 bits per heavy atom. The van der Waals surface area contributed by atoms with Gasteiger partial charge in [-0.3, -0.25) is 28.8 Å². The zero-order valence-electron chi connectivity index (χ0n) is 50.7. The summed E-state index contributed by atoms with van der Waals surface area (Å²) < 4.78 is 88.9. The summed E-state index contributed by atoms with van der Waals surface area (Å²) in [6.07, 6.45) is 2.17. The molecule has 0 radical (unpaired) electrons. The monoisotopic (exact) mass is 1260 g/mol. The smallest absolute Gasteiger partial charge is 0.335 e. The molecular weight excluding hydrogens is 1180 g/mol. The van der Waals surface area contributed by atoms with Crippen LogP contribution >= 0.6 is 0 Å². The summed E-state index contributed by atoms with van der Waals surface area (Å²) in [7, 11) is -2.11. The summed E-state index contributed by atoms with van der Waals surface area (Å²) in [5.41, 5.74) is 2.72. The summed E-state index contributed by atoms with van der Waals surface area (Å²) in [5, 5.41) is 30.8. The van der Waals surface area contributed by atoms with Gasteiger partial charge < -0.3 is 78.7 Å². The van der Waals surface area contributed by atoms with E-state index in [1.165, 1.54) is 0 Å². The van der Waals surface area contributed by atoms with Gasteiger partial charge in [-0.05, 0) is 74.0 Å². The Labute approximate surface area is 517 Å². The zero-order valence-corrected chi connectivity index (χ0v) is 51.5. The van der Waals surface area contributed by atoms with Gasteiger partial charge in [0.15, 0.2) is 5.79 Å². The lowest BCUT2D eigenvalue weighted by atomic mass is 9.81. The van der Waals surface area contributed by atoms with Crippen LogP contribution in [0.3, 0.4) is 0 Å². The Morgan fingerprint density at radius 2 is 1.45 bits per heavy atom. The minimum atomic E-state index is -3.67. The van der Waals surface area contributed by atoms with Gasteiger partial charge in [0.1, 0.15) is 42.3 Å². The maximum absolute atomic E-state index is 14.5. The molecule has 10 fully saturated rings. The van der Waals surface area contributed by atoms with Crippen molar-refractivity contribution in [2.45, 2.75) is 231 Å². The van der Waals surface area contributed by atoms with E-state index in [9.17, 15) is 42.3 Å². The van der Waals surface area contributed by atoms with Gasteiger partial charge in [-0.25, -0.2) is 8.42 Å². The van der Waals surface area contributed by atoms with E-state index in [0.29, 0.717) is 37.7 Å². The molecule has 2 aromatic rings. The number of aryl methyl sites for hydroxylation is 1. The van der Waals surface area contributed by atoms with Gasteiger partial charge in [-0.1, -0.05) is 55.5 Å². The molecule has 1 aromatic carbocycles. The highest BCUT2D eigenvalue weighted by molar-refractivity contribution is 7.90. The maximum Gasteiger partial charge on any atom is 0.335 e. The van der Waals surface area contributed by atoms with Gasteiger partial charge in [0.05, 0.1) is 86.8 Å². The van der Waals surface area contributed by atoms with E-state index in [1.807, 2.05) is 0 Å². The predicted octanol–water partition coefficient (Wildman–Crippen LogP) is 1.48. The summed E-state index contributed by atoms with van der Waals surface area (Å²) in [6, 6.07) is 7.68. The molecule has 26 nitrogen and oxygen atoms in total. The van der Waals surface area contributed by atoms with Crippen LogP contribution < -0.4 is 26.6 Å². The van der Waals surface area contributed by atoms with Crippen LogP contribution in [0.5, 0.6) is 0 Å². The van der Waals surface area contributed by atoms with Gasteiger partial charge in [-0.15, -0.1) is 5.10 Å². The molecule has 89 heavy (non-hydrogen) atoms. The fourth-order valence-corrected chi connectivity index (χ4v) is 15.0. The molecule has 10 saturated heterocycles. The summed E-state index contributed by atoms with van der Waals surface area (Å²) in [6.45, 7) is 9.41. The summed E-state index contributed by atoms with van der Waals surface area (Å²) in [4.78, 5) is 79.5. The van der Waals surface area contributed by atoms with Crippen molar-refractivity contribution in [3.05, 3.63) is 66.1 Å². The van der Waals surface area contributed by atoms with Gasteiger partial charge >= 0.3 is 5.22 Å². The normalized spacial score (nSPS) is 35.6. The molecular formula is C62H85N7O19S. The van der Waals surface area contributed by atoms with E-state index in [1.54, 1.807) is 37.4 Å². The molecule has 11 heterocycles. The number of hydrogen-bond donors (Lipinski definition) is 6. The number of aliphatic hydroxyl groups is 1. The number of ketones is 1. The number of ether oxygens (including phenoxy) is 9. The van der Waals surface area contributed by atoms with Crippen LogP contribution in [0.25, 0.3) is 0 Å². The molecule has 12 rings (SSSR count). The molecule has 10 aliphatic rings. The number of carbonyl (C=O) groups is 6. The number of sulfone groups is 1. The topological polar surface area (TPSA) is 339 Å². The maximum atomic E-state index is 14.5. The minimum absolute atomic E-state index is 0.0217. The molecule has 1 aromatic heterocycles. The van der Waals surface area contributed by atoms with Crippen molar-refractivity contribution in [3.8, 4) is 0 Å². The van der Waals surface area contributed by atoms with Crippen molar-refractivity contribution in [3.63, 3.8) is 0 Å². The number of benzene rings is 1. The molecule has 6 N–H and O–H groups in total. The fourth-order valence-electron chi connectivity index (χ4n) is 14.6. The van der Waals surface area contributed by atoms with Crippen molar-refractivity contribution in [1.82, 2.24) is 36.8 Å². The van der Waals surface area contributed by atoms with Gasteiger partial charge in [0.25, 0.3) is 0 Å². The second kappa shape index (κ2) is 28.1. The molecule has 20 atom stereocenters. The Balaban J connectivity index is 0.684. The van der Waals surface area contributed by atoms with E-state index in [0.717, 1.165) is 49.5 Å². The lowest BCUT2D eigenvalue weighted by molar-refractivity contribution is -0.292. The van der Waals surface area contributed by atoms with E-state index in [4.69, 9.17) is 47.0 Å². The zero-order chi connectivity index (χ0) is 62.7. The van der Waals surface area contributed by atoms with Crippen molar-refractivity contribution in [2.24, 2.45) is 11.8 Å². The van der Waals surface area contributed by atoms with Crippen molar-refractivity contribution < 1.29 is 89.3 Å². The molecule has 10 aliphatic heterocycles. The Morgan fingerprint density at radius 3 is 2.24 bits per heavy atom. The second-order valence-electron chi connectivity index (χ2n) is 25.7. The van der Waals surface area contributed by atoms with Crippen LogP contribution in [0.1, 0.15) is 115 Å². The van der Waals surface area contributed by atoms with Crippen molar-refractivity contribution in [2.75, 3.05) is 39.5 Å². The first-order valence-electron chi connectivity index (χ1n) is 31.5. The first-order chi connectivity index (χ1) is 42.7. The molecule has 1 unspecified atom stereocenters. The number of amides is 5. The SMILES string of the molecule is C=C1C[C@@H]2CC[C@@]34C[C@H]5O[C@@H]6C(O[C@H]7CC[C@H](CC(=O)C[C@@H]8[C@@H](OC)[C@@H](C[C@H](O)CNC(=O)CNC(=O)[C@H](Cc9ccccc9)NC(=O)CNC(=O)CNC(=O)CCCc9nnc(S(C)(=O)=O)o9)O[C@H]8C[C@H]8O[C@@H](CC[C@@H]1O2)C[C@@H](C)C8=C)O[C@@H]7[C@@H]6O3)[C@H]5O4. The molecule has 27 heteroatoms. The quantitative estimate of drug-likeness (QED) is 0.102.